The number of hydrogen-bond donors (Lipinski definition) is 1. The maximum absolute atomic E-state index is 12.8. The summed E-state index contributed by atoms with van der Waals surface area (Å²) in [6.07, 6.45) is 0. The summed E-state index contributed by atoms with van der Waals surface area (Å²) in [6, 6.07) is 4.10. The molecule has 2 N–H and O–H groups in total. The van der Waals surface area contributed by atoms with Crippen LogP contribution in [0.2, 0.25) is 0 Å². The molecule has 0 fully saturated rings. The standard InChI is InChI=1S/C9H10FNOS/c1-2-12-8-4-3-6(10)5-7(8)9(11)13/h3-5H,2H2,1H3,(H2,11,13). The Morgan fingerprint density at radius 3 is 2.85 bits per heavy atom. The molecule has 0 bridgehead atoms. The van der Waals surface area contributed by atoms with Gasteiger partial charge in [-0.2, -0.15) is 0 Å². The van der Waals surface area contributed by atoms with Crippen molar-refractivity contribution in [3.8, 4) is 5.75 Å². The second kappa shape index (κ2) is 4.18. The highest BCUT2D eigenvalue weighted by molar-refractivity contribution is 7.80. The molecule has 1 aromatic carbocycles. The fourth-order valence-electron chi connectivity index (χ4n) is 0.976. The maximum atomic E-state index is 12.8. The summed E-state index contributed by atoms with van der Waals surface area (Å²) in [5, 5.41) is 0. The molecular weight excluding hydrogens is 189 g/mol. The third-order valence-electron chi connectivity index (χ3n) is 1.51. The average molecular weight is 199 g/mol. The third-order valence-corrected chi connectivity index (χ3v) is 1.73. The lowest BCUT2D eigenvalue weighted by molar-refractivity contribution is 0.339. The predicted molar refractivity (Wildman–Crippen MR) is 53.5 cm³/mol. The zero-order valence-electron chi connectivity index (χ0n) is 7.21. The average Bonchev–Trinajstić information content (AvgIpc) is 2.08. The van der Waals surface area contributed by atoms with Crippen molar-refractivity contribution >= 4 is 17.2 Å². The Labute approximate surface area is 81.5 Å². The van der Waals surface area contributed by atoms with Crippen LogP contribution >= 0.6 is 12.2 Å². The lowest BCUT2D eigenvalue weighted by Gasteiger charge is -2.08. The minimum Gasteiger partial charge on any atom is -0.493 e. The number of thiocarbonyl (C=S) groups is 1. The van der Waals surface area contributed by atoms with Gasteiger partial charge in [-0.05, 0) is 25.1 Å². The number of halogens is 1. The molecule has 70 valence electrons. The zero-order chi connectivity index (χ0) is 9.84. The van der Waals surface area contributed by atoms with Gasteiger partial charge in [0.05, 0.1) is 12.2 Å². The molecule has 0 amide bonds. The number of nitrogens with two attached hydrogens (primary N) is 1. The molecule has 0 heterocycles. The van der Waals surface area contributed by atoms with Crippen LogP contribution in [-0.4, -0.2) is 11.6 Å². The van der Waals surface area contributed by atoms with Gasteiger partial charge < -0.3 is 10.5 Å². The molecular formula is C9H10FNOS. The summed E-state index contributed by atoms with van der Waals surface area (Å²) < 4.78 is 18.0. The normalized spacial score (nSPS) is 9.69. The Morgan fingerprint density at radius 2 is 2.31 bits per heavy atom. The smallest absolute Gasteiger partial charge is 0.129 e. The molecule has 0 aromatic heterocycles. The fraction of sp³-hybridized carbons (Fsp3) is 0.222. The highest BCUT2D eigenvalue weighted by Crippen LogP contribution is 2.19. The highest BCUT2D eigenvalue weighted by Gasteiger charge is 2.06. The first-order valence-corrected chi connectivity index (χ1v) is 4.28. The molecule has 0 unspecified atom stereocenters. The molecule has 0 aliphatic rings. The van der Waals surface area contributed by atoms with Gasteiger partial charge in [0.15, 0.2) is 0 Å². The van der Waals surface area contributed by atoms with Gasteiger partial charge in [-0.3, -0.25) is 0 Å². The lowest BCUT2D eigenvalue weighted by Crippen LogP contribution is -2.12. The first-order chi connectivity index (χ1) is 6.15. The second-order valence-electron chi connectivity index (χ2n) is 2.44. The van der Waals surface area contributed by atoms with Crippen LogP contribution in [0, 0.1) is 5.82 Å². The molecule has 1 aromatic rings. The first-order valence-electron chi connectivity index (χ1n) is 3.87. The van der Waals surface area contributed by atoms with Gasteiger partial charge in [0.2, 0.25) is 0 Å². The van der Waals surface area contributed by atoms with Crippen LogP contribution in [0.3, 0.4) is 0 Å². The Balaban J connectivity index is 3.10. The van der Waals surface area contributed by atoms with Crippen molar-refractivity contribution in [2.45, 2.75) is 6.92 Å². The summed E-state index contributed by atoms with van der Waals surface area (Å²) in [6.45, 7) is 2.34. The van der Waals surface area contributed by atoms with Crippen molar-refractivity contribution in [2.24, 2.45) is 5.73 Å². The summed E-state index contributed by atoms with van der Waals surface area (Å²) in [5.41, 5.74) is 5.84. The first kappa shape index (κ1) is 9.92. The lowest BCUT2D eigenvalue weighted by atomic mass is 10.2. The summed E-state index contributed by atoms with van der Waals surface area (Å²) in [4.78, 5) is 0.142. The van der Waals surface area contributed by atoms with Crippen molar-refractivity contribution in [3.05, 3.63) is 29.6 Å². The molecule has 0 saturated heterocycles. The third kappa shape index (κ3) is 2.39. The Kier molecular flexibility index (Phi) is 3.19. The molecule has 13 heavy (non-hydrogen) atoms. The minimum absolute atomic E-state index is 0.142. The van der Waals surface area contributed by atoms with E-state index >= 15 is 0 Å². The van der Waals surface area contributed by atoms with Gasteiger partial charge in [0.25, 0.3) is 0 Å². The van der Waals surface area contributed by atoms with E-state index in [0.29, 0.717) is 17.9 Å². The zero-order valence-corrected chi connectivity index (χ0v) is 8.03. The highest BCUT2D eigenvalue weighted by atomic mass is 32.1. The molecule has 2 nitrogen and oxygen atoms in total. The quantitative estimate of drug-likeness (QED) is 0.755. The van der Waals surface area contributed by atoms with Crippen LogP contribution in [0.25, 0.3) is 0 Å². The summed E-state index contributed by atoms with van der Waals surface area (Å²) >= 11 is 4.75. The second-order valence-corrected chi connectivity index (χ2v) is 2.88. The van der Waals surface area contributed by atoms with E-state index in [-0.39, 0.29) is 10.8 Å². The molecule has 4 heteroatoms. The number of rotatable bonds is 3. The van der Waals surface area contributed by atoms with Gasteiger partial charge in [0, 0.05) is 0 Å². The minimum atomic E-state index is -0.369. The van der Waals surface area contributed by atoms with E-state index in [1.54, 1.807) is 0 Å². The van der Waals surface area contributed by atoms with E-state index in [9.17, 15) is 4.39 Å². The Morgan fingerprint density at radius 1 is 1.62 bits per heavy atom. The molecule has 0 atom stereocenters. The number of hydrogen-bond acceptors (Lipinski definition) is 2. The Hall–Kier alpha value is -1.16. The maximum Gasteiger partial charge on any atom is 0.129 e. The SMILES string of the molecule is CCOc1ccc(F)cc1C(N)=S. The van der Waals surface area contributed by atoms with Gasteiger partial charge >= 0.3 is 0 Å². The van der Waals surface area contributed by atoms with E-state index in [2.05, 4.69) is 0 Å². The molecule has 0 aliphatic heterocycles. The van der Waals surface area contributed by atoms with Crippen molar-refractivity contribution < 1.29 is 9.13 Å². The monoisotopic (exact) mass is 199 g/mol. The van der Waals surface area contributed by atoms with E-state index in [1.807, 2.05) is 6.92 Å². The van der Waals surface area contributed by atoms with E-state index in [1.165, 1.54) is 18.2 Å². The van der Waals surface area contributed by atoms with Gasteiger partial charge in [0.1, 0.15) is 16.6 Å². The van der Waals surface area contributed by atoms with Crippen LogP contribution in [0.5, 0.6) is 5.75 Å². The van der Waals surface area contributed by atoms with Crippen LogP contribution in [-0.2, 0) is 0 Å². The van der Waals surface area contributed by atoms with Crippen LogP contribution in [0.15, 0.2) is 18.2 Å². The fourth-order valence-corrected chi connectivity index (χ4v) is 1.14. The van der Waals surface area contributed by atoms with Gasteiger partial charge in [-0.1, -0.05) is 12.2 Å². The number of benzene rings is 1. The van der Waals surface area contributed by atoms with Crippen molar-refractivity contribution in [1.29, 1.82) is 0 Å². The van der Waals surface area contributed by atoms with Crippen molar-refractivity contribution in [1.82, 2.24) is 0 Å². The molecule has 1 rings (SSSR count). The summed E-state index contributed by atoms with van der Waals surface area (Å²) in [7, 11) is 0. The van der Waals surface area contributed by atoms with Crippen LogP contribution in [0.1, 0.15) is 12.5 Å². The largest absolute Gasteiger partial charge is 0.493 e. The predicted octanol–water partition coefficient (Wildman–Crippen LogP) is 1.86. The van der Waals surface area contributed by atoms with Gasteiger partial charge in [-0.25, -0.2) is 4.39 Å². The van der Waals surface area contributed by atoms with E-state index in [4.69, 9.17) is 22.7 Å². The van der Waals surface area contributed by atoms with Crippen molar-refractivity contribution in [2.75, 3.05) is 6.61 Å². The summed E-state index contributed by atoms with van der Waals surface area (Å²) in [5.74, 6) is 0.155. The Bertz CT molecular complexity index is 327. The van der Waals surface area contributed by atoms with E-state index < -0.39 is 0 Å². The molecule has 0 aliphatic carbocycles. The molecule has 0 saturated carbocycles. The topological polar surface area (TPSA) is 35.2 Å². The molecule has 0 radical (unpaired) electrons. The van der Waals surface area contributed by atoms with Gasteiger partial charge in [-0.15, -0.1) is 0 Å². The molecule has 0 spiro atoms. The van der Waals surface area contributed by atoms with Crippen molar-refractivity contribution in [3.63, 3.8) is 0 Å². The number of ether oxygens (including phenoxy) is 1. The van der Waals surface area contributed by atoms with E-state index in [0.717, 1.165) is 0 Å². The van der Waals surface area contributed by atoms with Crippen LogP contribution < -0.4 is 10.5 Å². The van der Waals surface area contributed by atoms with Crippen LogP contribution in [0.4, 0.5) is 4.39 Å².